The second-order valence-corrected chi connectivity index (χ2v) is 12.1. The number of aliphatic hydroxyl groups is 2. The third kappa shape index (κ3) is 5.25. The number of carbonyl (C=O) groups is 1. The zero-order valence-electron chi connectivity index (χ0n) is 22.1. The quantitative estimate of drug-likeness (QED) is 0.324. The van der Waals surface area contributed by atoms with Gasteiger partial charge in [0, 0.05) is 17.9 Å². The van der Waals surface area contributed by atoms with Gasteiger partial charge in [-0.15, -0.1) is 0 Å². The average molecular weight is 483 g/mol. The monoisotopic (exact) mass is 482 g/mol. The van der Waals surface area contributed by atoms with Crippen molar-refractivity contribution in [2.24, 2.45) is 29.1 Å². The second-order valence-electron chi connectivity index (χ2n) is 12.1. The lowest BCUT2D eigenvalue weighted by atomic mass is 9.60. The zero-order chi connectivity index (χ0) is 25.3. The Kier molecular flexibility index (Phi) is 8.12. The Labute approximate surface area is 212 Å². The van der Waals surface area contributed by atoms with Gasteiger partial charge in [0.05, 0.1) is 12.2 Å². The standard InChI is InChI=1S/C31H46O4/c1-6-7-10-25-21(4)30(34)35-29(25)16-19(2)26-13-14-27-22(9-8-15-31(26,27)5)11-12-23-17-24(32)18-28(33)20(23)3/h11-12,19,24-29,32-33H,3-4,6-10,13-18H2,1-2,5H3/b22-11+,23-12-/t19-,24-,25+,26-,27+,28+,29-,31-/m1/s1. The molecule has 0 aromatic rings. The van der Waals surface area contributed by atoms with E-state index in [9.17, 15) is 15.0 Å². The smallest absolute Gasteiger partial charge is 0.334 e. The van der Waals surface area contributed by atoms with Crippen molar-refractivity contribution in [2.75, 3.05) is 0 Å². The molecule has 0 aromatic heterocycles. The highest BCUT2D eigenvalue weighted by Crippen LogP contribution is 2.60. The third-order valence-electron chi connectivity index (χ3n) is 9.88. The molecular weight excluding hydrogens is 436 g/mol. The van der Waals surface area contributed by atoms with Crippen LogP contribution in [0.5, 0.6) is 0 Å². The van der Waals surface area contributed by atoms with E-state index in [4.69, 9.17) is 4.74 Å². The molecule has 3 aliphatic carbocycles. The van der Waals surface area contributed by atoms with E-state index in [0.29, 0.717) is 36.2 Å². The maximum absolute atomic E-state index is 12.3. The molecule has 1 saturated heterocycles. The van der Waals surface area contributed by atoms with Gasteiger partial charge in [-0.2, -0.15) is 0 Å². The van der Waals surface area contributed by atoms with Crippen molar-refractivity contribution in [1.82, 2.24) is 0 Å². The summed E-state index contributed by atoms with van der Waals surface area (Å²) in [6, 6.07) is 0. The molecule has 4 fully saturated rings. The largest absolute Gasteiger partial charge is 0.458 e. The number of aliphatic hydroxyl groups excluding tert-OH is 2. The Balaban J connectivity index is 1.47. The number of carbonyl (C=O) groups excluding carboxylic acids is 1. The summed E-state index contributed by atoms with van der Waals surface area (Å²) in [5.74, 6) is 1.69. The van der Waals surface area contributed by atoms with Crippen LogP contribution in [-0.4, -0.2) is 34.5 Å². The maximum atomic E-state index is 12.3. The van der Waals surface area contributed by atoms with Crippen LogP contribution in [0.25, 0.3) is 0 Å². The van der Waals surface area contributed by atoms with Gasteiger partial charge in [-0.05, 0) is 85.7 Å². The molecular formula is C31H46O4. The molecule has 3 saturated carbocycles. The third-order valence-corrected chi connectivity index (χ3v) is 9.88. The van der Waals surface area contributed by atoms with Crippen LogP contribution < -0.4 is 0 Å². The lowest BCUT2D eigenvalue weighted by Crippen LogP contribution is -2.37. The van der Waals surface area contributed by atoms with Crippen LogP contribution in [-0.2, 0) is 9.53 Å². The number of allylic oxidation sites excluding steroid dienone is 3. The van der Waals surface area contributed by atoms with E-state index in [1.54, 1.807) is 0 Å². The lowest BCUT2D eigenvalue weighted by molar-refractivity contribution is -0.140. The SMILES string of the molecule is C=C1/C(=C\C=C2/CCC[C@]3(C)[C@@H]([C@H](C)C[C@H]4OC(=O)C(=C)[C@@H]4CCCC)CC[C@@H]23)C[C@@H](O)C[C@@H]1O. The summed E-state index contributed by atoms with van der Waals surface area (Å²) in [4.78, 5) is 12.3. The lowest BCUT2D eigenvalue weighted by Gasteiger charge is -2.44. The Bertz CT molecular complexity index is 898. The number of fused-ring (bicyclic) bond motifs is 1. The molecule has 0 spiro atoms. The van der Waals surface area contributed by atoms with E-state index in [1.165, 1.54) is 31.3 Å². The summed E-state index contributed by atoms with van der Waals surface area (Å²) >= 11 is 0. The van der Waals surface area contributed by atoms with Crippen LogP contribution in [0.3, 0.4) is 0 Å². The van der Waals surface area contributed by atoms with E-state index >= 15 is 0 Å². The molecule has 4 nitrogen and oxygen atoms in total. The van der Waals surface area contributed by atoms with Gasteiger partial charge < -0.3 is 14.9 Å². The van der Waals surface area contributed by atoms with Gasteiger partial charge in [0.1, 0.15) is 6.10 Å². The van der Waals surface area contributed by atoms with Gasteiger partial charge in [-0.25, -0.2) is 4.79 Å². The van der Waals surface area contributed by atoms with Crippen LogP contribution in [0, 0.1) is 29.1 Å². The number of esters is 1. The fourth-order valence-corrected chi connectivity index (χ4v) is 7.88. The van der Waals surface area contributed by atoms with Crippen molar-refractivity contribution in [3.05, 3.63) is 47.6 Å². The number of rotatable bonds is 7. The van der Waals surface area contributed by atoms with Gasteiger partial charge >= 0.3 is 5.97 Å². The Morgan fingerprint density at radius 2 is 1.97 bits per heavy atom. The number of hydrogen-bond acceptors (Lipinski definition) is 4. The highest BCUT2D eigenvalue weighted by Gasteiger charge is 2.51. The van der Waals surface area contributed by atoms with Crippen molar-refractivity contribution in [3.8, 4) is 0 Å². The highest BCUT2D eigenvalue weighted by molar-refractivity contribution is 5.90. The minimum absolute atomic E-state index is 0.0160. The molecule has 0 amide bonds. The molecule has 35 heavy (non-hydrogen) atoms. The minimum atomic E-state index is -0.640. The molecule has 8 atom stereocenters. The normalized spacial score (nSPS) is 40.9. The minimum Gasteiger partial charge on any atom is -0.458 e. The number of unbranched alkanes of at least 4 members (excludes halogenated alkanes) is 1. The fraction of sp³-hybridized carbons (Fsp3) is 0.710. The molecule has 0 bridgehead atoms. The number of cyclic esters (lactones) is 1. The summed E-state index contributed by atoms with van der Waals surface area (Å²) < 4.78 is 5.83. The van der Waals surface area contributed by atoms with E-state index in [-0.39, 0.29) is 23.4 Å². The summed E-state index contributed by atoms with van der Waals surface area (Å²) in [6.07, 6.45) is 14.4. The number of hydrogen-bond donors (Lipinski definition) is 2. The first-order valence-corrected chi connectivity index (χ1v) is 14.0. The predicted octanol–water partition coefficient (Wildman–Crippen LogP) is 6.44. The summed E-state index contributed by atoms with van der Waals surface area (Å²) in [5, 5.41) is 20.3. The summed E-state index contributed by atoms with van der Waals surface area (Å²) in [7, 11) is 0. The van der Waals surface area contributed by atoms with Crippen LogP contribution in [0.4, 0.5) is 0 Å². The Morgan fingerprint density at radius 1 is 1.20 bits per heavy atom. The van der Waals surface area contributed by atoms with Crippen molar-refractivity contribution in [3.63, 3.8) is 0 Å². The molecule has 4 rings (SSSR count). The predicted molar refractivity (Wildman–Crippen MR) is 141 cm³/mol. The van der Waals surface area contributed by atoms with Gasteiger partial charge in [0.2, 0.25) is 0 Å². The van der Waals surface area contributed by atoms with Gasteiger partial charge in [-0.3, -0.25) is 0 Å². The first kappa shape index (κ1) is 26.4. The molecule has 194 valence electrons. The fourth-order valence-electron chi connectivity index (χ4n) is 7.88. The van der Waals surface area contributed by atoms with Crippen LogP contribution >= 0.6 is 0 Å². The molecule has 0 unspecified atom stereocenters. The topological polar surface area (TPSA) is 66.8 Å². The van der Waals surface area contributed by atoms with E-state index < -0.39 is 12.2 Å². The zero-order valence-corrected chi connectivity index (χ0v) is 22.1. The Hall–Kier alpha value is -1.65. The average Bonchev–Trinajstić information content (AvgIpc) is 3.30. The van der Waals surface area contributed by atoms with Gasteiger partial charge in [0.25, 0.3) is 0 Å². The highest BCUT2D eigenvalue weighted by atomic mass is 16.6. The van der Waals surface area contributed by atoms with E-state index in [1.807, 2.05) is 0 Å². The number of ether oxygens (including phenoxy) is 1. The second kappa shape index (κ2) is 10.8. The van der Waals surface area contributed by atoms with E-state index in [2.05, 4.69) is 46.1 Å². The van der Waals surface area contributed by atoms with Gasteiger partial charge in [0.15, 0.2) is 0 Å². The van der Waals surface area contributed by atoms with Gasteiger partial charge in [-0.1, -0.05) is 64.5 Å². The molecule has 4 aliphatic rings. The maximum Gasteiger partial charge on any atom is 0.334 e. The van der Waals surface area contributed by atoms with Crippen LogP contribution in [0.1, 0.15) is 91.4 Å². The first-order chi connectivity index (χ1) is 16.7. The molecule has 0 radical (unpaired) electrons. The molecule has 2 N–H and O–H groups in total. The van der Waals surface area contributed by atoms with Crippen molar-refractivity contribution in [1.29, 1.82) is 0 Å². The first-order valence-electron chi connectivity index (χ1n) is 14.0. The van der Waals surface area contributed by atoms with Crippen LogP contribution in [0.15, 0.2) is 47.6 Å². The van der Waals surface area contributed by atoms with Crippen molar-refractivity contribution < 1.29 is 19.7 Å². The molecule has 4 heteroatoms. The Morgan fingerprint density at radius 3 is 2.71 bits per heavy atom. The molecule has 1 heterocycles. The molecule has 1 aliphatic heterocycles. The summed E-state index contributed by atoms with van der Waals surface area (Å²) in [6.45, 7) is 15.2. The van der Waals surface area contributed by atoms with Crippen molar-refractivity contribution >= 4 is 5.97 Å². The molecule has 0 aromatic carbocycles. The summed E-state index contributed by atoms with van der Waals surface area (Å²) in [5.41, 5.74) is 4.21. The van der Waals surface area contributed by atoms with Crippen LogP contribution in [0.2, 0.25) is 0 Å². The van der Waals surface area contributed by atoms with E-state index in [0.717, 1.165) is 43.3 Å². The van der Waals surface area contributed by atoms with Crippen molar-refractivity contribution in [2.45, 2.75) is 110 Å².